The summed E-state index contributed by atoms with van der Waals surface area (Å²) in [6.45, 7) is 0. The smallest absolute Gasteiger partial charge is 0.191 e. The molecule has 0 heterocycles. The number of carbonyl (C=O) groups is 1. The lowest BCUT2D eigenvalue weighted by atomic mass is 9.90. The van der Waals surface area contributed by atoms with Crippen LogP contribution in [0.3, 0.4) is 0 Å². The Labute approximate surface area is 101 Å². The molecule has 17 heavy (non-hydrogen) atoms. The van der Waals surface area contributed by atoms with Crippen LogP contribution in [0.4, 0.5) is 0 Å². The van der Waals surface area contributed by atoms with Crippen LogP contribution in [0, 0.1) is 0 Å². The molecule has 0 saturated heterocycles. The molecule has 1 N–H and O–H groups in total. The average Bonchev–Trinajstić information content (AvgIpc) is 2.39. The number of hydrogen-bond acceptors (Lipinski definition) is 3. The van der Waals surface area contributed by atoms with Gasteiger partial charge in [-0.15, -0.1) is 0 Å². The van der Waals surface area contributed by atoms with Crippen LogP contribution in [0.1, 0.15) is 29.6 Å². The number of aliphatic hydroxyl groups is 1. The molecule has 0 fully saturated rings. The van der Waals surface area contributed by atoms with E-state index in [4.69, 9.17) is 4.74 Å². The number of allylic oxidation sites excluding steroid dienone is 1. The van der Waals surface area contributed by atoms with Gasteiger partial charge in [0, 0.05) is 11.1 Å². The summed E-state index contributed by atoms with van der Waals surface area (Å²) in [5, 5.41) is 9.79. The van der Waals surface area contributed by atoms with Gasteiger partial charge in [0.2, 0.25) is 0 Å². The van der Waals surface area contributed by atoms with Crippen molar-refractivity contribution < 1.29 is 14.6 Å². The van der Waals surface area contributed by atoms with Gasteiger partial charge >= 0.3 is 0 Å². The molecule has 0 spiro atoms. The molecule has 1 aliphatic rings. The zero-order valence-corrected chi connectivity index (χ0v) is 9.85. The molecule has 0 unspecified atom stereocenters. The van der Waals surface area contributed by atoms with Crippen LogP contribution in [0.15, 0.2) is 35.9 Å². The van der Waals surface area contributed by atoms with E-state index in [0.29, 0.717) is 17.6 Å². The molecule has 0 radical (unpaired) electrons. The van der Waals surface area contributed by atoms with Crippen molar-refractivity contribution in [1.82, 2.24) is 0 Å². The standard InChI is InChI=1S/C14H16O3/c1-17-11-8-6-10(7-9-11)14(16)12-4-2-3-5-13(12)15/h4,6-9,13,15H,2-3,5H2,1H3/t13-/m0/s1. The molecule has 0 amide bonds. The van der Waals surface area contributed by atoms with Gasteiger partial charge in [-0.05, 0) is 43.5 Å². The maximum atomic E-state index is 12.1. The van der Waals surface area contributed by atoms with Crippen LogP contribution in [-0.4, -0.2) is 24.1 Å². The summed E-state index contributed by atoms with van der Waals surface area (Å²) >= 11 is 0. The molecular weight excluding hydrogens is 216 g/mol. The van der Waals surface area contributed by atoms with Crippen LogP contribution in [-0.2, 0) is 0 Å². The van der Waals surface area contributed by atoms with Crippen molar-refractivity contribution in [3.63, 3.8) is 0 Å². The van der Waals surface area contributed by atoms with Crippen molar-refractivity contribution in [2.45, 2.75) is 25.4 Å². The Morgan fingerprint density at radius 2 is 2.06 bits per heavy atom. The van der Waals surface area contributed by atoms with Crippen molar-refractivity contribution in [3.05, 3.63) is 41.5 Å². The molecule has 0 aliphatic heterocycles. The fourth-order valence-electron chi connectivity index (χ4n) is 2.01. The highest BCUT2D eigenvalue weighted by Crippen LogP contribution is 2.23. The van der Waals surface area contributed by atoms with Gasteiger partial charge in [0.05, 0.1) is 13.2 Å². The summed E-state index contributed by atoms with van der Waals surface area (Å²) < 4.78 is 5.04. The molecule has 3 heteroatoms. The number of ketones is 1. The normalized spacial score (nSPS) is 19.6. The number of aliphatic hydroxyl groups excluding tert-OH is 1. The summed E-state index contributed by atoms with van der Waals surface area (Å²) in [5.74, 6) is 0.638. The van der Waals surface area contributed by atoms with Crippen LogP contribution >= 0.6 is 0 Å². The van der Waals surface area contributed by atoms with Gasteiger partial charge in [-0.25, -0.2) is 0 Å². The largest absolute Gasteiger partial charge is 0.497 e. The first-order valence-corrected chi connectivity index (χ1v) is 5.79. The Hall–Kier alpha value is -1.61. The molecule has 1 aromatic rings. The quantitative estimate of drug-likeness (QED) is 0.814. The summed E-state index contributed by atoms with van der Waals surface area (Å²) in [6.07, 6.45) is 3.72. The summed E-state index contributed by atoms with van der Waals surface area (Å²) in [7, 11) is 1.59. The van der Waals surface area contributed by atoms with Gasteiger partial charge in [0.15, 0.2) is 5.78 Å². The molecule has 0 aromatic heterocycles. The first-order valence-electron chi connectivity index (χ1n) is 5.79. The fraction of sp³-hybridized carbons (Fsp3) is 0.357. The maximum absolute atomic E-state index is 12.1. The Kier molecular flexibility index (Phi) is 3.59. The molecule has 0 saturated carbocycles. The van der Waals surface area contributed by atoms with Gasteiger partial charge < -0.3 is 9.84 Å². The number of hydrogen-bond donors (Lipinski definition) is 1. The second-order valence-electron chi connectivity index (χ2n) is 4.16. The highest BCUT2D eigenvalue weighted by atomic mass is 16.5. The first-order chi connectivity index (χ1) is 8.22. The van der Waals surface area contributed by atoms with Crippen LogP contribution < -0.4 is 4.74 Å². The molecular formula is C14H16O3. The zero-order chi connectivity index (χ0) is 12.3. The Morgan fingerprint density at radius 3 is 2.65 bits per heavy atom. The second kappa shape index (κ2) is 5.15. The van der Waals surface area contributed by atoms with Gasteiger partial charge in [-0.2, -0.15) is 0 Å². The Bertz CT molecular complexity index is 431. The molecule has 0 bridgehead atoms. The van der Waals surface area contributed by atoms with E-state index in [2.05, 4.69) is 0 Å². The van der Waals surface area contributed by atoms with E-state index >= 15 is 0 Å². The Morgan fingerprint density at radius 1 is 1.35 bits per heavy atom. The SMILES string of the molecule is COc1ccc(C(=O)C2=CCCC[C@@H]2O)cc1. The zero-order valence-electron chi connectivity index (χ0n) is 9.85. The number of rotatable bonds is 3. The van der Waals surface area contributed by atoms with Gasteiger partial charge in [0.1, 0.15) is 5.75 Å². The topological polar surface area (TPSA) is 46.5 Å². The first kappa shape index (κ1) is 11.9. The van der Waals surface area contributed by atoms with Crippen molar-refractivity contribution in [3.8, 4) is 5.75 Å². The number of carbonyl (C=O) groups excluding carboxylic acids is 1. The molecule has 1 aliphatic carbocycles. The van der Waals surface area contributed by atoms with E-state index < -0.39 is 6.10 Å². The lowest BCUT2D eigenvalue weighted by Gasteiger charge is -2.18. The third kappa shape index (κ3) is 2.56. The molecule has 1 atom stereocenters. The highest BCUT2D eigenvalue weighted by molar-refractivity contribution is 6.09. The molecule has 1 aromatic carbocycles. The summed E-state index contributed by atoms with van der Waals surface area (Å²) in [5.41, 5.74) is 1.12. The Balaban J connectivity index is 2.21. The minimum absolute atomic E-state index is 0.0835. The van der Waals surface area contributed by atoms with E-state index in [1.54, 1.807) is 31.4 Å². The third-order valence-corrected chi connectivity index (χ3v) is 3.02. The number of methoxy groups -OCH3 is 1. The van der Waals surface area contributed by atoms with Crippen molar-refractivity contribution in [2.75, 3.05) is 7.11 Å². The molecule has 90 valence electrons. The van der Waals surface area contributed by atoms with Gasteiger partial charge in [-0.3, -0.25) is 4.79 Å². The average molecular weight is 232 g/mol. The van der Waals surface area contributed by atoms with E-state index in [1.807, 2.05) is 6.08 Å². The minimum Gasteiger partial charge on any atom is -0.497 e. The van der Waals surface area contributed by atoms with Crippen LogP contribution in [0.2, 0.25) is 0 Å². The molecule has 2 rings (SSSR count). The lowest BCUT2D eigenvalue weighted by Crippen LogP contribution is -2.20. The number of Topliss-reactive ketones (excluding diaryl/α,β-unsaturated/α-hetero) is 1. The number of benzene rings is 1. The predicted molar refractivity (Wildman–Crippen MR) is 65.3 cm³/mol. The van der Waals surface area contributed by atoms with Gasteiger partial charge in [0.25, 0.3) is 0 Å². The highest BCUT2D eigenvalue weighted by Gasteiger charge is 2.22. The van der Waals surface area contributed by atoms with E-state index in [0.717, 1.165) is 18.6 Å². The molecule has 3 nitrogen and oxygen atoms in total. The van der Waals surface area contributed by atoms with E-state index in [9.17, 15) is 9.90 Å². The maximum Gasteiger partial charge on any atom is 0.191 e. The van der Waals surface area contributed by atoms with Crippen molar-refractivity contribution in [1.29, 1.82) is 0 Å². The fourth-order valence-corrected chi connectivity index (χ4v) is 2.01. The summed E-state index contributed by atoms with van der Waals surface area (Å²) in [6, 6.07) is 6.96. The van der Waals surface area contributed by atoms with Crippen LogP contribution in [0.25, 0.3) is 0 Å². The van der Waals surface area contributed by atoms with E-state index in [1.165, 1.54) is 0 Å². The second-order valence-corrected chi connectivity index (χ2v) is 4.16. The van der Waals surface area contributed by atoms with Crippen molar-refractivity contribution in [2.24, 2.45) is 0 Å². The predicted octanol–water partition coefficient (Wildman–Crippen LogP) is 2.35. The third-order valence-electron chi connectivity index (χ3n) is 3.02. The van der Waals surface area contributed by atoms with Crippen molar-refractivity contribution >= 4 is 5.78 Å². The lowest BCUT2D eigenvalue weighted by molar-refractivity contribution is 0.0975. The minimum atomic E-state index is -0.613. The number of ether oxygens (including phenoxy) is 1. The van der Waals surface area contributed by atoms with E-state index in [-0.39, 0.29) is 5.78 Å². The van der Waals surface area contributed by atoms with Gasteiger partial charge in [-0.1, -0.05) is 6.08 Å². The summed E-state index contributed by atoms with van der Waals surface area (Å²) in [4.78, 5) is 12.1. The monoisotopic (exact) mass is 232 g/mol. The van der Waals surface area contributed by atoms with Crippen LogP contribution in [0.5, 0.6) is 5.75 Å².